The van der Waals surface area contributed by atoms with Gasteiger partial charge in [0.2, 0.25) is 15.9 Å². The molecule has 0 radical (unpaired) electrons. The van der Waals surface area contributed by atoms with E-state index in [1.54, 1.807) is 44.7 Å². The van der Waals surface area contributed by atoms with Gasteiger partial charge in [-0.15, -0.1) is 0 Å². The number of fused-ring (bicyclic) bond motifs is 1. The minimum absolute atomic E-state index is 0.0387. The van der Waals surface area contributed by atoms with E-state index in [1.807, 2.05) is 59.3 Å². The molecule has 1 aromatic heterocycles. The molecule has 1 N–H and O–H groups in total. The fraction of sp³-hybridized carbons (Fsp3) is 0.257. The number of methoxy groups -OCH3 is 2. The smallest absolute Gasteiger partial charge is 0.244 e. The molecule has 0 aliphatic heterocycles. The molecule has 1 saturated carbocycles. The van der Waals surface area contributed by atoms with Crippen LogP contribution in [0.1, 0.15) is 29.5 Å². The summed E-state index contributed by atoms with van der Waals surface area (Å²) in [6.07, 6.45) is 4.09. The second-order valence-electron chi connectivity index (χ2n) is 11.5. The molecule has 1 aliphatic carbocycles. The van der Waals surface area contributed by atoms with Crippen molar-refractivity contribution in [2.24, 2.45) is 5.92 Å². The summed E-state index contributed by atoms with van der Waals surface area (Å²) < 4.78 is 43.3. The molecule has 0 saturated heterocycles. The van der Waals surface area contributed by atoms with Crippen molar-refractivity contribution in [1.29, 1.82) is 0 Å². The Hall–Kier alpha value is -4.38. The van der Waals surface area contributed by atoms with Gasteiger partial charge in [-0.3, -0.25) is 9.48 Å². The number of carbonyl (C=O) groups is 1. The first kappa shape index (κ1) is 31.6. The van der Waals surface area contributed by atoms with Crippen molar-refractivity contribution in [1.82, 2.24) is 14.1 Å². The van der Waals surface area contributed by atoms with E-state index in [9.17, 15) is 13.2 Å². The maximum Gasteiger partial charge on any atom is 0.244 e. The van der Waals surface area contributed by atoms with Crippen LogP contribution in [0.3, 0.4) is 0 Å². The minimum atomic E-state index is -4.13. The van der Waals surface area contributed by atoms with Gasteiger partial charge in [-0.05, 0) is 77.9 Å². The first-order valence-corrected chi connectivity index (χ1v) is 16.8. The molecule has 9 nitrogen and oxygen atoms in total. The molecule has 238 valence electrons. The molecule has 11 heteroatoms. The quantitative estimate of drug-likeness (QED) is 0.151. The summed E-state index contributed by atoms with van der Waals surface area (Å²) >= 11 is 6.29. The van der Waals surface area contributed by atoms with Crippen LogP contribution in [-0.2, 0) is 40.9 Å². The van der Waals surface area contributed by atoms with Crippen molar-refractivity contribution in [3.63, 3.8) is 0 Å². The zero-order valence-electron chi connectivity index (χ0n) is 25.6. The van der Waals surface area contributed by atoms with E-state index in [4.69, 9.17) is 26.2 Å². The highest BCUT2D eigenvalue weighted by atomic mass is 35.5. The monoisotopic (exact) mass is 658 g/mol. The number of nitrogens with zero attached hydrogens (tertiary/aromatic N) is 3. The van der Waals surface area contributed by atoms with E-state index in [-0.39, 0.29) is 30.3 Å². The van der Waals surface area contributed by atoms with Gasteiger partial charge in [0.15, 0.2) is 0 Å². The van der Waals surface area contributed by atoms with Gasteiger partial charge < -0.3 is 14.8 Å². The number of benzene rings is 4. The average molecular weight is 659 g/mol. The van der Waals surface area contributed by atoms with Gasteiger partial charge in [0.25, 0.3) is 0 Å². The molecule has 1 amide bonds. The van der Waals surface area contributed by atoms with E-state index >= 15 is 0 Å². The molecule has 1 aliphatic rings. The lowest BCUT2D eigenvalue weighted by molar-refractivity contribution is -0.115. The highest BCUT2D eigenvalue weighted by Crippen LogP contribution is 2.34. The van der Waals surface area contributed by atoms with Gasteiger partial charge in [0.1, 0.15) is 11.5 Å². The Morgan fingerprint density at radius 1 is 0.935 bits per heavy atom. The van der Waals surface area contributed by atoms with Crippen molar-refractivity contribution in [3.05, 3.63) is 113 Å². The highest BCUT2D eigenvalue weighted by molar-refractivity contribution is 7.89. The third kappa shape index (κ3) is 7.36. The molecule has 0 bridgehead atoms. The van der Waals surface area contributed by atoms with Gasteiger partial charge in [-0.1, -0.05) is 54.1 Å². The summed E-state index contributed by atoms with van der Waals surface area (Å²) in [4.78, 5) is 13.2. The van der Waals surface area contributed by atoms with Crippen LogP contribution in [0.25, 0.3) is 10.9 Å². The molecule has 1 fully saturated rings. The standard InChI is InChI=1S/C35H35ClN4O5S/c1-44-29-13-9-25(10-14-29)21-40(22-26-11-15-30(45-2)16-12-26)46(42,43)34-19-28(37-35(41)17-27-5-3-4-6-32(27)36)18-33-31(34)23-39(38-33)20-24-7-8-24/h3-6,9-16,18-19,23-24H,7-8,17,20-22H2,1-2H3,(H,37,41). The summed E-state index contributed by atoms with van der Waals surface area (Å²) in [5, 5.41) is 8.61. The fourth-order valence-electron chi connectivity index (χ4n) is 5.34. The molecule has 0 spiro atoms. The SMILES string of the molecule is COc1ccc(CN(Cc2ccc(OC)cc2)S(=O)(=O)c2cc(NC(=O)Cc3ccccc3Cl)cc3nn(CC4CC4)cc23)cc1. The number of hydrogen-bond acceptors (Lipinski definition) is 6. The lowest BCUT2D eigenvalue weighted by Crippen LogP contribution is -2.30. The van der Waals surface area contributed by atoms with Crippen LogP contribution in [0, 0.1) is 5.92 Å². The summed E-state index contributed by atoms with van der Waals surface area (Å²) in [7, 11) is -0.959. The molecular formula is C35H35ClN4O5S. The summed E-state index contributed by atoms with van der Waals surface area (Å²) in [5.74, 6) is 1.57. The molecular weight excluding hydrogens is 624 g/mol. The zero-order chi connectivity index (χ0) is 32.3. The molecule has 5 aromatic rings. The zero-order valence-corrected chi connectivity index (χ0v) is 27.2. The van der Waals surface area contributed by atoms with Crippen molar-refractivity contribution in [2.45, 2.75) is 43.8 Å². The third-order valence-electron chi connectivity index (χ3n) is 8.02. The number of rotatable bonds is 13. The predicted octanol–water partition coefficient (Wildman–Crippen LogP) is 6.69. The van der Waals surface area contributed by atoms with Crippen molar-refractivity contribution in [3.8, 4) is 11.5 Å². The lowest BCUT2D eigenvalue weighted by Gasteiger charge is -2.23. The average Bonchev–Trinajstić information content (AvgIpc) is 3.78. The molecule has 6 rings (SSSR count). The number of carbonyl (C=O) groups excluding carboxylic acids is 1. The van der Waals surface area contributed by atoms with Crippen LogP contribution < -0.4 is 14.8 Å². The summed E-state index contributed by atoms with van der Waals surface area (Å²) in [6, 6.07) is 25.0. The highest BCUT2D eigenvalue weighted by Gasteiger charge is 2.30. The second-order valence-corrected chi connectivity index (χ2v) is 13.8. The maximum absolute atomic E-state index is 14.7. The molecule has 46 heavy (non-hydrogen) atoms. The Balaban J connectivity index is 1.39. The van der Waals surface area contributed by atoms with Gasteiger partial charge >= 0.3 is 0 Å². The number of aromatic nitrogens is 2. The topological polar surface area (TPSA) is 103 Å². The van der Waals surface area contributed by atoms with Crippen LogP contribution in [0.15, 0.2) is 96.0 Å². The Morgan fingerprint density at radius 3 is 2.11 bits per heavy atom. The molecule has 0 atom stereocenters. The number of ether oxygens (including phenoxy) is 2. The minimum Gasteiger partial charge on any atom is -0.497 e. The van der Waals surface area contributed by atoms with E-state index < -0.39 is 10.0 Å². The largest absolute Gasteiger partial charge is 0.497 e. The second kappa shape index (κ2) is 13.5. The van der Waals surface area contributed by atoms with Crippen LogP contribution in [0.5, 0.6) is 11.5 Å². The fourth-order valence-corrected chi connectivity index (χ4v) is 7.17. The first-order chi connectivity index (χ1) is 22.2. The van der Waals surface area contributed by atoms with Crippen molar-refractivity contribution in [2.75, 3.05) is 19.5 Å². The number of anilines is 1. The van der Waals surface area contributed by atoms with E-state index in [0.717, 1.165) is 24.0 Å². The number of halogens is 1. The molecule has 0 unspecified atom stereocenters. The Kier molecular flexibility index (Phi) is 9.30. The van der Waals surface area contributed by atoms with Crippen LogP contribution in [0.2, 0.25) is 5.02 Å². The van der Waals surface area contributed by atoms with Gasteiger partial charge in [0, 0.05) is 41.9 Å². The van der Waals surface area contributed by atoms with E-state index in [2.05, 4.69) is 5.32 Å². The van der Waals surface area contributed by atoms with Crippen molar-refractivity contribution < 1.29 is 22.7 Å². The first-order valence-electron chi connectivity index (χ1n) is 15.0. The number of sulfonamides is 1. The van der Waals surface area contributed by atoms with Gasteiger partial charge in [-0.25, -0.2) is 8.42 Å². The van der Waals surface area contributed by atoms with Gasteiger partial charge in [-0.2, -0.15) is 9.40 Å². The Morgan fingerprint density at radius 2 is 1.54 bits per heavy atom. The Bertz CT molecular complexity index is 1910. The van der Waals surface area contributed by atoms with Crippen LogP contribution in [-0.4, -0.2) is 42.6 Å². The van der Waals surface area contributed by atoms with E-state index in [0.29, 0.717) is 51.1 Å². The van der Waals surface area contributed by atoms with E-state index in [1.165, 1.54) is 10.4 Å². The Labute approximate surface area is 273 Å². The summed E-state index contributed by atoms with van der Waals surface area (Å²) in [6.45, 7) is 0.933. The van der Waals surface area contributed by atoms with Crippen LogP contribution in [0.4, 0.5) is 5.69 Å². The molecule has 1 heterocycles. The number of nitrogens with one attached hydrogen (secondary N) is 1. The maximum atomic E-state index is 14.7. The lowest BCUT2D eigenvalue weighted by atomic mass is 10.1. The van der Waals surface area contributed by atoms with Crippen LogP contribution >= 0.6 is 11.6 Å². The van der Waals surface area contributed by atoms with Crippen molar-refractivity contribution >= 4 is 44.1 Å². The number of amides is 1. The third-order valence-corrected chi connectivity index (χ3v) is 10.2. The molecule has 4 aromatic carbocycles. The number of hydrogen-bond donors (Lipinski definition) is 1. The normalized spacial score (nSPS) is 13.2. The summed E-state index contributed by atoms with van der Waals surface area (Å²) in [5.41, 5.74) is 3.09. The van der Waals surface area contributed by atoms with Gasteiger partial charge in [0.05, 0.1) is 31.1 Å². The predicted molar refractivity (Wildman–Crippen MR) is 179 cm³/mol.